The number of rotatable bonds is 4. The molecule has 2 nitrogen and oxygen atoms in total. The molecule has 1 aliphatic heterocycles. The number of carbonyl (C=O) groups is 1. The van der Waals surface area contributed by atoms with Crippen LogP contribution >= 0.6 is 0 Å². The molecule has 25 heavy (non-hydrogen) atoms. The van der Waals surface area contributed by atoms with Gasteiger partial charge in [0.2, 0.25) is 0 Å². The molecule has 0 unspecified atom stereocenters. The molecule has 0 N–H and O–H groups in total. The summed E-state index contributed by atoms with van der Waals surface area (Å²) in [7, 11) is 1.89. The summed E-state index contributed by atoms with van der Waals surface area (Å²) in [6.45, 7) is 0. The fraction of sp³-hybridized carbons (Fsp3) is 0.136. The van der Waals surface area contributed by atoms with E-state index in [2.05, 4.69) is 42.5 Å². The molecule has 3 aromatic carbocycles. The van der Waals surface area contributed by atoms with E-state index in [4.69, 9.17) is 0 Å². The molecule has 0 bridgehead atoms. The van der Waals surface area contributed by atoms with Gasteiger partial charge in [0.15, 0.2) is 0 Å². The third kappa shape index (κ3) is 2.60. The van der Waals surface area contributed by atoms with E-state index in [1.165, 1.54) is 4.46 Å². The van der Waals surface area contributed by atoms with Crippen molar-refractivity contribution in [3.63, 3.8) is 0 Å². The molecule has 0 saturated carbocycles. The summed E-state index contributed by atoms with van der Waals surface area (Å²) in [4.78, 5) is 15.3. The summed E-state index contributed by atoms with van der Waals surface area (Å²) in [5.41, 5.74) is 2.67. The van der Waals surface area contributed by atoms with Gasteiger partial charge in [0.25, 0.3) is 0 Å². The Hall–Kier alpha value is -2.35. The molecule has 0 aromatic heterocycles. The fourth-order valence-corrected chi connectivity index (χ4v) is 6.04. The quantitative estimate of drug-likeness (QED) is 0.624. The van der Waals surface area contributed by atoms with Crippen LogP contribution in [-0.4, -0.2) is 27.9 Å². The molecule has 0 saturated heterocycles. The van der Waals surface area contributed by atoms with E-state index in [-0.39, 0.29) is 20.9 Å². The predicted molar refractivity (Wildman–Crippen MR) is 104 cm³/mol. The number of anilines is 1. The third-order valence-electron chi connectivity index (χ3n) is 4.86. The first-order valence-electron chi connectivity index (χ1n) is 8.34. The van der Waals surface area contributed by atoms with Crippen LogP contribution in [0.25, 0.3) is 0 Å². The maximum atomic E-state index is 13.4. The molecular weight excluding hydrogens is 373 g/mol. The molecule has 3 aromatic rings. The van der Waals surface area contributed by atoms with E-state index >= 15 is 0 Å². The molecule has 1 amide bonds. The summed E-state index contributed by atoms with van der Waals surface area (Å²) in [5, 5.41) is 0.828. The number of hydrogen-bond acceptors (Lipinski definition) is 1. The monoisotopic (exact) mass is 393 g/mol. The van der Waals surface area contributed by atoms with Gasteiger partial charge in [-0.2, -0.15) is 0 Å². The Bertz CT molecular complexity index is 894. The molecule has 1 heterocycles. The molecule has 4 rings (SSSR count). The van der Waals surface area contributed by atoms with Crippen LogP contribution in [0.5, 0.6) is 0 Å². The third-order valence-corrected chi connectivity index (χ3v) is 7.34. The molecule has 0 spiro atoms. The molecule has 124 valence electrons. The van der Waals surface area contributed by atoms with Gasteiger partial charge in [-0.1, -0.05) is 0 Å². The van der Waals surface area contributed by atoms with Crippen LogP contribution in [0.4, 0.5) is 5.69 Å². The molecule has 0 radical (unpaired) electrons. The van der Waals surface area contributed by atoms with Crippen LogP contribution in [0.2, 0.25) is 5.32 Å². The topological polar surface area (TPSA) is 20.3 Å². The van der Waals surface area contributed by atoms with Crippen LogP contribution in [-0.2, 0) is 10.2 Å². The Morgan fingerprint density at radius 1 is 0.840 bits per heavy atom. The zero-order valence-corrected chi connectivity index (χ0v) is 15.8. The molecule has 0 fully saturated rings. The predicted octanol–water partition coefficient (Wildman–Crippen LogP) is 3.40. The van der Waals surface area contributed by atoms with Gasteiger partial charge in [0.05, 0.1) is 0 Å². The van der Waals surface area contributed by atoms with Crippen molar-refractivity contribution in [1.29, 1.82) is 0 Å². The van der Waals surface area contributed by atoms with Gasteiger partial charge in [0.1, 0.15) is 0 Å². The first-order valence-corrected chi connectivity index (χ1v) is 10.4. The summed E-state index contributed by atoms with van der Waals surface area (Å²) in [6, 6.07) is 29.0. The average Bonchev–Trinajstić information content (AvgIpc) is 2.90. The van der Waals surface area contributed by atoms with Gasteiger partial charge in [-0.25, -0.2) is 0 Å². The van der Waals surface area contributed by atoms with E-state index in [9.17, 15) is 4.79 Å². The number of likely N-dealkylation sites (N-methyl/N-ethyl adjacent to an activating group) is 1. The second-order valence-electron chi connectivity index (χ2n) is 6.25. The standard InChI is InChI=1S/C22H19NOSe/c1-23-20-15-9-8-14-19(20)22(21(23)24,17-10-4-2-5-11-17)16-25-18-12-6-3-7-13-18/h2-15H,16H2,1H3/t22-/m1/s1. The van der Waals surface area contributed by atoms with Crippen molar-refractivity contribution < 1.29 is 4.79 Å². The molecule has 0 aliphatic carbocycles. The van der Waals surface area contributed by atoms with Gasteiger partial charge >= 0.3 is 155 Å². The minimum atomic E-state index is -0.581. The van der Waals surface area contributed by atoms with Crippen LogP contribution in [0.15, 0.2) is 84.9 Å². The summed E-state index contributed by atoms with van der Waals surface area (Å²) in [6.07, 6.45) is 0. The van der Waals surface area contributed by atoms with Gasteiger partial charge in [0, 0.05) is 0 Å². The Labute approximate surface area is 154 Å². The number of hydrogen-bond donors (Lipinski definition) is 0. The first-order chi connectivity index (χ1) is 12.2. The Morgan fingerprint density at radius 2 is 1.44 bits per heavy atom. The van der Waals surface area contributed by atoms with Crippen LogP contribution in [0.3, 0.4) is 0 Å². The molecular formula is C22H19NOSe. The Kier molecular flexibility index (Phi) is 4.20. The summed E-state index contributed by atoms with van der Waals surface area (Å²) < 4.78 is 1.32. The number of amides is 1. The number of benzene rings is 3. The zero-order valence-electron chi connectivity index (χ0n) is 14.1. The van der Waals surface area contributed by atoms with Crippen molar-refractivity contribution in [2.45, 2.75) is 10.7 Å². The maximum absolute atomic E-state index is 13.4. The number of para-hydroxylation sites is 1. The van der Waals surface area contributed by atoms with Crippen LogP contribution in [0.1, 0.15) is 11.1 Å². The van der Waals surface area contributed by atoms with Crippen molar-refractivity contribution >= 4 is 31.0 Å². The van der Waals surface area contributed by atoms with E-state index in [0.29, 0.717) is 0 Å². The SMILES string of the molecule is CN1C(=O)[C@](C[Se]c2ccccc2)(c2ccccc2)c2ccccc21. The van der Waals surface area contributed by atoms with Gasteiger partial charge in [-0.05, 0) is 0 Å². The van der Waals surface area contributed by atoms with Crippen molar-refractivity contribution in [3.8, 4) is 0 Å². The molecule has 1 aliphatic rings. The molecule has 1 atom stereocenters. The van der Waals surface area contributed by atoms with Crippen molar-refractivity contribution in [2.75, 3.05) is 11.9 Å². The second kappa shape index (κ2) is 6.51. The van der Waals surface area contributed by atoms with Crippen molar-refractivity contribution in [1.82, 2.24) is 0 Å². The second-order valence-corrected chi connectivity index (χ2v) is 8.45. The van der Waals surface area contributed by atoms with E-state index in [1.54, 1.807) is 0 Å². The zero-order chi connectivity index (χ0) is 17.3. The number of nitrogens with zero attached hydrogens (tertiary/aromatic N) is 1. The van der Waals surface area contributed by atoms with Crippen molar-refractivity contribution in [3.05, 3.63) is 96.1 Å². The van der Waals surface area contributed by atoms with E-state index in [1.807, 2.05) is 54.4 Å². The fourth-order valence-electron chi connectivity index (χ4n) is 3.57. The van der Waals surface area contributed by atoms with Gasteiger partial charge in [-0.3, -0.25) is 0 Å². The van der Waals surface area contributed by atoms with Gasteiger partial charge < -0.3 is 0 Å². The normalized spacial score (nSPS) is 19.1. The molecule has 3 heteroatoms. The first kappa shape index (κ1) is 16.1. The minimum absolute atomic E-state index is 0.178. The Balaban J connectivity index is 1.84. The van der Waals surface area contributed by atoms with Crippen molar-refractivity contribution in [2.24, 2.45) is 0 Å². The van der Waals surface area contributed by atoms with Gasteiger partial charge in [-0.15, -0.1) is 0 Å². The summed E-state index contributed by atoms with van der Waals surface area (Å²) in [5.74, 6) is 0.178. The Morgan fingerprint density at radius 3 is 2.16 bits per heavy atom. The van der Waals surface area contributed by atoms with E-state index in [0.717, 1.165) is 22.1 Å². The van der Waals surface area contributed by atoms with Crippen LogP contribution in [0, 0.1) is 0 Å². The van der Waals surface area contributed by atoms with E-state index < -0.39 is 5.41 Å². The number of carbonyl (C=O) groups excluding carboxylic acids is 1. The van der Waals surface area contributed by atoms with Crippen LogP contribution < -0.4 is 9.36 Å². The number of fused-ring (bicyclic) bond motifs is 1. The average molecular weight is 392 g/mol. The summed E-state index contributed by atoms with van der Waals surface area (Å²) >= 11 is 0.213.